The molecular weight excluding hydrogens is 212 g/mol. The molecule has 0 bridgehead atoms. The van der Waals surface area contributed by atoms with Crippen LogP contribution in [0.15, 0.2) is 42.5 Å². The van der Waals surface area contributed by atoms with Gasteiger partial charge >= 0.3 is 0 Å². The van der Waals surface area contributed by atoms with Crippen molar-refractivity contribution in [1.29, 1.82) is 0 Å². The molecule has 2 aromatic carbocycles. The first-order valence-corrected chi connectivity index (χ1v) is 5.47. The summed E-state index contributed by atoms with van der Waals surface area (Å²) >= 11 is 0. The summed E-state index contributed by atoms with van der Waals surface area (Å²) in [6.07, 6.45) is 0. The van der Waals surface area contributed by atoms with E-state index in [2.05, 4.69) is 5.32 Å². The Morgan fingerprint density at radius 2 is 1.88 bits per heavy atom. The SMILES string of the molecule is COc1cccc(Nc2cccc(C)c2N)c1. The molecule has 0 aliphatic heterocycles. The van der Waals surface area contributed by atoms with Crippen LogP contribution in [0.1, 0.15) is 5.56 Å². The molecule has 0 aromatic heterocycles. The minimum atomic E-state index is 0.773. The highest BCUT2D eigenvalue weighted by Crippen LogP contribution is 2.27. The van der Waals surface area contributed by atoms with Gasteiger partial charge in [0.05, 0.1) is 18.5 Å². The van der Waals surface area contributed by atoms with Crippen molar-refractivity contribution in [3.8, 4) is 5.75 Å². The smallest absolute Gasteiger partial charge is 0.120 e. The number of anilines is 3. The predicted octanol–water partition coefficient (Wildman–Crippen LogP) is 3.33. The van der Waals surface area contributed by atoms with E-state index in [0.717, 1.165) is 28.4 Å². The van der Waals surface area contributed by atoms with E-state index in [1.807, 2.05) is 49.4 Å². The number of nitrogens with two attached hydrogens (primary N) is 1. The third kappa shape index (κ3) is 2.50. The van der Waals surface area contributed by atoms with Crippen LogP contribution in [0.3, 0.4) is 0 Å². The van der Waals surface area contributed by atoms with E-state index < -0.39 is 0 Å². The maximum atomic E-state index is 6.01. The second-order valence-electron chi connectivity index (χ2n) is 3.89. The van der Waals surface area contributed by atoms with Gasteiger partial charge in [-0.25, -0.2) is 0 Å². The molecule has 0 saturated carbocycles. The van der Waals surface area contributed by atoms with Gasteiger partial charge in [0.2, 0.25) is 0 Å². The Kier molecular flexibility index (Phi) is 3.19. The van der Waals surface area contributed by atoms with Crippen molar-refractivity contribution in [1.82, 2.24) is 0 Å². The molecule has 2 rings (SSSR count). The number of benzene rings is 2. The third-order valence-electron chi connectivity index (χ3n) is 2.67. The van der Waals surface area contributed by atoms with E-state index in [0.29, 0.717) is 0 Å². The molecule has 0 atom stereocenters. The average molecular weight is 228 g/mol. The summed E-state index contributed by atoms with van der Waals surface area (Å²) in [5.74, 6) is 0.821. The molecule has 0 spiro atoms. The molecule has 0 radical (unpaired) electrons. The lowest BCUT2D eigenvalue weighted by molar-refractivity contribution is 0.415. The van der Waals surface area contributed by atoms with Gasteiger partial charge < -0.3 is 15.8 Å². The van der Waals surface area contributed by atoms with Crippen LogP contribution in [-0.2, 0) is 0 Å². The van der Waals surface area contributed by atoms with E-state index >= 15 is 0 Å². The van der Waals surface area contributed by atoms with Crippen molar-refractivity contribution in [3.05, 3.63) is 48.0 Å². The van der Waals surface area contributed by atoms with E-state index in [1.165, 1.54) is 0 Å². The summed E-state index contributed by atoms with van der Waals surface area (Å²) in [5.41, 5.74) is 9.72. The van der Waals surface area contributed by atoms with E-state index in [-0.39, 0.29) is 0 Å². The van der Waals surface area contributed by atoms with E-state index in [9.17, 15) is 0 Å². The molecular formula is C14H16N2O. The number of ether oxygens (including phenoxy) is 1. The molecule has 0 fully saturated rings. The normalized spacial score (nSPS) is 10.0. The van der Waals surface area contributed by atoms with Crippen LogP contribution >= 0.6 is 0 Å². The Hall–Kier alpha value is -2.16. The van der Waals surface area contributed by atoms with Crippen LogP contribution < -0.4 is 15.8 Å². The molecule has 17 heavy (non-hydrogen) atoms. The number of nitrogen functional groups attached to an aromatic ring is 1. The maximum Gasteiger partial charge on any atom is 0.120 e. The first-order chi connectivity index (χ1) is 8.20. The minimum Gasteiger partial charge on any atom is -0.497 e. The quantitative estimate of drug-likeness (QED) is 0.792. The van der Waals surface area contributed by atoms with Gasteiger partial charge in [-0.15, -0.1) is 0 Å². The van der Waals surface area contributed by atoms with E-state index in [1.54, 1.807) is 7.11 Å². The van der Waals surface area contributed by atoms with Crippen molar-refractivity contribution in [2.75, 3.05) is 18.2 Å². The van der Waals surface area contributed by atoms with Crippen molar-refractivity contribution in [2.45, 2.75) is 6.92 Å². The molecule has 0 heterocycles. The largest absolute Gasteiger partial charge is 0.497 e. The molecule has 0 saturated heterocycles. The number of nitrogens with one attached hydrogen (secondary N) is 1. The number of aryl methyl sites for hydroxylation is 1. The number of methoxy groups -OCH3 is 1. The zero-order chi connectivity index (χ0) is 12.3. The fraction of sp³-hybridized carbons (Fsp3) is 0.143. The number of rotatable bonds is 3. The van der Waals surface area contributed by atoms with Gasteiger partial charge in [0.25, 0.3) is 0 Å². The molecule has 0 aliphatic rings. The number of hydrogen-bond donors (Lipinski definition) is 2. The third-order valence-corrected chi connectivity index (χ3v) is 2.67. The van der Waals surface area contributed by atoms with Gasteiger partial charge in [0.15, 0.2) is 0 Å². The average Bonchev–Trinajstić information content (AvgIpc) is 2.35. The van der Waals surface area contributed by atoms with Crippen LogP contribution in [0, 0.1) is 6.92 Å². The maximum absolute atomic E-state index is 6.01. The van der Waals surface area contributed by atoms with Crippen LogP contribution in [0.2, 0.25) is 0 Å². The zero-order valence-corrected chi connectivity index (χ0v) is 10.0. The monoisotopic (exact) mass is 228 g/mol. The second-order valence-corrected chi connectivity index (χ2v) is 3.89. The summed E-state index contributed by atoms with van der Waals surface area (Å²) in [5, 5.41) is 3.28. The fourth-order valence-corrected chi connectivity index (χ4v) is 1.65. The van der Waals surface area contributed by atoms with Crippen LogP contribution in [0.25, 0.3) is 0 Å². The van der Waals surface area contributed by atoms with Gasteiger partial charge in [0.1, 0.15) is 5.75 Å². The molecule has 0 unspecified atom stereocenters. The molecule has 0 aliphatic carbocycles. The van der Waals surface area contributed by atoms with Crippen molar-refractivity contribution in [3.63, 3.8) is 0 Å². The lowest BCUT2D eigenvalue weighted by atomic mass is 10.1. The summed E-state index contributed by atoms with van der Waals surface area (Å²) in [6, 6.07) is 13.7. The molecule has 3 heteroatoms. The highest BCUT2D eigenvalue weighted by Gasteiger charge is 2.02. The summed E-state index contributed by atoms with van der Waals surface area (Å²) in [7, 11) is 1.65. The predicted molar refractivity (Wildman–Crippen MR) is 71.9 cm³/mol. The molecule has 3 nitrogen and oxygen atoms in total. The van der Waals surface area contributed by atoms with Crippen molar-refractivity contribution < 1.29 is 4.74 Å². The number of para-hydroxylation sites is 1. The first-order valence-electron chi connectivity index (χ1n) is 5.47. The van der Waals surface area contributed by atoms with Gasteiger partial charge in [-0.05, 0) is 30.7 Å². The van der Waals surface area contributed by atoms with Crippen molar-refractivity contribution in [2.24, 2.45) is 0 Å². The Morgan fingerprint density at radius 1 is 1.12 bits per heavy atom. The fourth-order valence-electron chi connectivity index (χ4n) is 1.65. The highest BCUT2D eigenvalue weighted by molar-refractivity contribution is 5.75. The lowest BCUT2D eigenvalue weighted by Gasteiger charge is -2.11. The Labute approximate surface area is 101 Å². The summed E-state index contributed by atoms with van der Waals surface area (Å²) in [6.45, 7) is 1.99. The van der Waals surface area contributed by atoms with Gasteiger partial charge in [-0.3, -0.25) is 0 Å². The highest BCUT2D eigenvalue weighted by atomic mass is 16.5. The molecule has 3 N–H and O–H groups in total. The zero-order valence-electron chi connectivity index (χ0n) is 10.0. The number of hydrogen-bond acceptors (Lipinski definition) is 3. The Bertz CT molecular complexity index is 523. The second kappa shape index (κ2) is 4.78. The van der Waals surface area contributed by atoms with Gasteiger partial charge in [-0.1, -0.05) is 18.2 Å². The summed E-state index contributed by atoms with van der Waals surface area (Å²) < 4.78 is 5.18. The van der Waals surface area contributed by atoms with Crippen LogP contribution in [0.4, 0.5) is 17.1 Å². The molecule has 88 valence electrons. The lowest BCUT2D eigenvalue weighted by Crippen LogP contribution is -1.98. The van der Waals surface area contributed by atoms with Crippen molar-refractivity contribution >= 4 is 17.1 Å². The molecule has 2 aromatic rings. The first kappa shape index (κ1) is 11.3. The Balaban J connectivity index is 2.28. The standard InChI is InChI=1S/C14H16N2O/c1-10-5-3-8-13(14(10)15)16-11-6-4-7-12(9-11)17-2/h3-9,16H,15H2,1-2H3. The minimum absolute atomic E-state index is 0.773. The van der Waals surface area contributed by atoms with Crippen LogP contribution in [-0.4, -0.2) is 7.11 Å². The van der Waals surface area contributed by atoms with E-state index in [4.69, 9.17) is 10.5 Å². The van der Waals surface area contributed by atoms with Gasteiger partial charge in [-0.2, -0.15) is 0 Å². The Morgan fingerprint density at radius 3 is 2.65 bits per heavy atom. The molecule has 0 amide bonds. The van der Waals surface area contributed by atoms with Gasteiger partial charge in [0, 0.05) is 11.8 Å². The topological polar surface area (TPSA) is 47.3 Å². The summed E-state index contributed by atoms with van der Waals surface area (Å²) in [4.78, 5) is 0. The van der Waals surface area contributed by atoms with Crippen LogP contribution in [0.5, 0.6) is 5.75 Å².